The summed E-state index contributed by atoms with van der Waals surface area (Å²) >= 11 is 0. The molecule has 1 aliphatic heterocycles. The van der Waals surface area contributed by atoms with Crippen LogP contribution in [0.3, 0.4) is 0 Å². The Kier molecular flexibility index (Phi) is 4.43. The van der Waals surface area contributed by atoms with Gasteiger partial charge in [-0.15, -0.1) is 0 Å². The van der Waals surface area contributed by atoms with Gasteiger partial charge in [0.15, 0.2) is 0 Å². The highest BCUT2D eigenvalue weighted by Crippen LogP contribution is 2.17. The summed E-state index contributed by atoms with van der Waals surface area (Å²) in [6.45, 7) is 5.38. The number of nitrogens with one attached hydrogen (secondary N) is 2. The third-order valence-electron chi connectivity index (χ3n) is 3.20. The van der Waals surface area contributed by atoms with E-state index in [-0.39, 0.29) is 11.9 Å². The second-order valence-electron chi connectivity index (χ2n) is 5.54. The lowest BCUT2D eigenvalue weighted by molar-refractivity contribution is -0.123. The first-order valence-corrected chi connectivity index (χ1v) is 6.82. The molecule has 1 atom stereocenters. The third-order valence-corrected chi connectivity index (χ3v) is 3.20. The largest absolute Gasteiger partial charge is 0.486 e. The summed E-state index contributed by atoms with van der Waals surface area (Å²) in [5.74, 6) is 0.892. The van der Waals surface area contributed by atoms with Crippen molar-refractivity contribution in [2.45, 2.75) is 38.3 Å². The van der Waals surface area contributed by atoms with Gasteiger partial charge in [-0.3, -0.25) is 4.79 Å². The van der Waals surface area contributed by atoms with Crippen LogP contribution in [0, 0.1) is 0 Å². The summed E-state index contributed by atoms with van der Waals surface area (Å²) in [5.41, 5.74) is -0.421. The topological polar surface area (TPSA) is 50.4 Å². The number of hydrogen-bond acceptors (Lipinski definition) is 3. The lowest BCUT2D eigenvalue weighted by atomic mass is 10.1. The van der Waals surface area contributed by atoms with Crippen molar-refractivity contribution in [1.29, 1.82) is 0 Å². The summed E-state index contributed by atoms with van der Waals surface area (Å²) in [6.07, 6.45) is 1.99. The molecule has 2 N–H and O–H groups in total. The van der Waals surface area contributed by atoms with Gasteiger partial charge in [-0.2, -0.15) is 0 Å². The van der Waals surface area contributed by atoms with Gasteiger partial charge >= 0.3 is 0 Å². The molecule has 1 heterocycles. The second-order valence-corrected chi connectivity index (χ2v) is 5.54. The predicted octanol–water partition coefficient (Wildman–Crippen LogP) is 1.71. The summed E-state index contributed by atoms with van der Waals surface area (Å²) in [4.78, 5) is 11.9. The molecule has 1 amide bonds. The molecular weight excluding hydrogens is 240 g/mol. The van der Waals surface area contributed by atoms with E-state index in [1.54, 1.807) is 0 Å². The molecule has 4 heteroatoms. The molecule has 0 saturated carbocycles. The summed E-state index contributed by atoms with van der Waals surface area (Å²) in [6, 6.07) is 9.63. The van der Waals surface area contributed by atoms with Gasteiger partial charge in [0, 0.05) is 0 Å². The molecule has 0 aromatic heterocycles. The molecule has 1 aromatic rings. The quantitative estimate of drug-likeness (QED) is 0.849. The Balaban J connectivity index is 1.81. The molecule has 1 aliphatic rings. The normalized spacial score (nSPS) is 19.2. The molecule has 19 heavy (non-hydrogen) atoms. The van der Waals surface area contributed by atoms with Crippen molar-refractivity contribution >= 4 is 5.91 Å². The molecule has 0 bridgehead atoms. The number of carbonyl (C=O) groups is 1. The predicted molar refractivity (Wildman–Crippen MR) is 75.2 cm³/mol. The van der Waals surface area contributed by atoms with Crippen molar-refractivity contribution in [3.63, 3.8) is 0 Å². The van der Waals surface area contributed by atoms with Gasteiger partial charge < -0.3 is 15.4 Å². The van der Waals surface area contributed by atoms with Crippen LogP contribution < -0.4 is 15.4 Å². The van der Waals surface area contributed by atoms with Crippen molar-refractivity contribution < 1.29 is 9.53 Å². The standard InChI is InChI=1S/C15H22N2O2/c1-15(2,19-12-7-4-3-5-8-12)11-17-14(18)13-9-6-10-16-13/h3-5,7-8,13,16H,6,9-11H2,1-2H3,(H,17,18). The van der Waals surface area contributed by atoms with Crippen molar-refractivity contribution in [3.8, 4) is 5.75 Å². The molecule has 1 fully saturated rings. The van der Waals surface area contributed by atoms with E-state index in [9.17, 15) is 4.79 Å². The minimum absolute atomic E-state index is 0.0347. The molecule has 1 unspecified atom stereocenters. The van der Waals surface area contributed by atoms with Crippen LogP contribution in [-0.2, 0) is 4.79 Å². The maximum atomic E-state index is 11.9. The smallest absolute Gasteiger partial charge is 0.237 e. The van der Waals surface area contributed by atoms with Crippen LogP contribution in [-0.4, -0.2) is 30.6 Å². The van der Waals surface area contributed by atoms with Crippen molar-refractivity contribution in [3.05, 3.63) is 30.3 Å². The monoisotopic (exact) mass is 262 g/mol. The van der Waals surface area contributed by atoms with Gasteiger partial charge in [-0.05, 0) is 45.4 Å². The molecule has 2 rings (SSSR count). The maximum Gasteiger partial charge on any atom is 0.237 e. The van der Waals surface area contributed by atoms with Crippen molar-refractivity contribution in [2.24, 2.45) is 0 Å². The fraction of sp³-hybridized carbons (Fsp3) is 0.533. The average Bonchev–Trinajstić information content (AvgIpc) is 2.91. The Morgan fingerprint density at radius 3 is 2.79 bits per heavy atom. The van der Waals surface area contributed by atoms with E-state index in [0.717, 1.165) is 25.1 Å². The van der Waals surface area contributed by atoms with Crippen LogP contribution in [0.1, 0.15) is 26.7 Å². The van der Waals surface area contributed by atoms with E-state index in [1.165, 1.54) is 0 Å². The fourth-order valence-corrected chi connectivity index (χ4v) is 2.18. The number of rotatable bonds is 5. The lowest BCUT2D eigenvalue weighted by Crippen LogP contribution is -2.48. The molecule has 0 aliphatic carbocycles. The van der Waals surface area contributed by atoms with Gasteiger partial charge in [-0.1, -0.05) is 18.2 Å². The van der Waals surface area contributed by atoms with Crippen LogP contribution in [0.5, 0.6) is 5.75 Å². The summed E-state index contributed by atoms with van der Waals surface area (Å²) in [5, 5.41) is 6.15. The van der Waals surface area contributed by atoms with Gasteiger partial charge in [0.2, 0.25) is 5.91 Å². The highest BCUT2D eigenvalue weighted by atomic mass is 16.5. The van der Waals surface area contributed by atoms with Gasteiger partial charge in [-0.25, -0.2) is 0 Å². The first-order chi connectivity index (χ1) is 9.07. The Labute approximate surface area is 114 Å². The van der Waals surface area contributed by atoms with Gasteiger partial charge in [0.25, 0.3) is 0 Å². The number of ether oxygens (including phenoxy) is 1. The number of amides is 1. The van der Waals surface area contributed by atoms with Crippen LogP contribution in [0.2, 0.25) is 0 Å². The third kappa shape index (κ3) is 4.24. The Hall–Kier alpha value is -1.55. The zero-order valence-corrected chi connectivity index (χ0v) is 11.6. The van der Waals surface area contributed by atoms with Crippen LogP contribution in [0.25, 0.3) is 0 Å². The van der Waals surface area contributed by atoms with Crippen molar-refractivity contribution in [2.75, 3.05) is 13.1 Å². The van der Waals surface area contributed by atoms with Crippen LogP contribution >= 0.6 is 0 Å². The molecule has 0 spiro atoms. The maximum absolute atomic E-state index is 11.9. The summed E-state index contributed by atoms with van der Waals surface area (Å²) in [7, 11) is 0. The highest BCUT2D eigenvalue weighted by molar-refractivity contribution is 5.82. The number of carbonyl (C=O) groups excluding carboxylic acids is 1. The SMILES string of the molecule is CC(C)(CNC(=O)C1CCCN1)Oc1ccccc1. The first kappa shape index (κ1) is 13.9. The molecule has 4 nitrogen and oxygen atoms in total. The number of benzene rings is 1. The first-order valence-electron chi connectivity index (χ1n) is 6.82. The van der Waals surface area contributed by atoms with E-state index in [2.05, 4.69) is 10.6 Å². The summed E-state index contributed by atoms with van der Waals surface area (Å²) < 4.78 is 5.88. The van der Waals surface area contributed by atoms with E-state index in [1.807, 2.05) is 44.2 Å². The Morgan fingerprint density at radius 1 is 1.42 bits per heavy atom. The van der Waals surface area contributed by atoms with E-state index in [4.69, 9.17) is 4.74 Å². The lowest BCUT2D eigenvalue weighted by Gasteiger charge is -2.27. The second kappa shape index (κ2) is 6.06. The fourth-order valence-electron chi connectivity index (χ4n) is 2.18. The zero-order valence-electron chi connectivity index (χ0n) is 11.6. The van der Waals surface area contributed by atoms with E-state index >= 15 is 0 Å². The van der Waals surface area contributed by atoms with Crippen molar-refractivity contribution in [1.82, 2.24) is 10.6 Å². The molecular formula is C15H22N2O2. The van der Waals surface area contributed by atoms with Crippen LogP contribution in [0.15, 0.2) is 30.3 Å². The van der Waals surface area contributed by atoms with Gasteiger partial charge in [0.1, 0.15) is 11.4 Å². The minimum Gasteiger partial charge on any atom is -0.486 e. The number of hydrogen-bond donors (Lipinski definition) is 2. The Morgan fingerprint density at radius 2 is 2.16 bits per heavy atom. The molecule has 104 valence electrons. The van der Waals surface area contributed by atoms with Gasteiger partial charge in [0.05, 0.1) is 12.6 Å². The Bertz CT molecular complexity index is 411. The number of para-hydroxylation sites is 1. The molecule has 0 radical (unpaired) electrons. The minimum atomic E-state index is -0.421. The van der Waals surface area contributed by atoms with E-state index < -0.39 is 5.60 Å². The highest BCUT2D eigenvalue weighted by Gasteiger charge is 2.25. The molecule has 1 aromatic carbocycles. The molecule has 1 saturated heterocycles. The van der Waals surface area contributed by atoms with E-state index in [0.29, 0.717) is 6.54 Å². The zero-order chi connectivity index (χ0) is 13.7. The van der Waals surface area contributed by atoms with Crippen LogP contribution in [0.4, 0.5) is 0 Å². The average molecular weight is 262 g/mol.